The minimum atomic E-state index is -0.806. The average Bonchev–Trinajstić information content (AvgIpc) is 3.40. The average molecular weight is 1020 g/mol. The van der Waals surface area contributed by atoms with Gasteiger partial charge in [-0.1, -0.05) is 238 Å². The Balaban J connectivity index is 4.47. The smallest absolute Gasteiger partial charge is 0.306 e. The maximum Gasteiger partial charge on any atom is 0.306 e. The number of unbranched alkanes of at least 4 members (excludes halogenated alkanes) is 20. The van der Waals surface area contributed by atoms with Gasteiger partial charge in [0.2, 0.25) is 0 Å². The van der Waals surface area contributed by atoms with Crippen molar-refractivity contribution in [2.45, 2.75) is 264 Å². The molecule has 0 aliphatic heterocycles. The van der Waals surface area contributed by atoms with Crippen molar-refractivity contribution in [3.8, 4) is 0 Å². The van der Waals surface area contributed by atoms with Gasteiger partial charge in [-0.05, 0) is 135 Å². The van der Waals surface area contributed by atoms with Crippen LogP contribution in [0.1, 0.15) is 258 Å². The molecule has 0 bridgehead atoms. The molecular weight excluding hydrogens is 913 g/mol. The van der Waals surface area contributed by atoms with E-state index in [9.17, 15) is 14.4 Å². The van der Waals surface area contributed by atoms with E-state index in [4.69, 9.17) is 14.2 Å². The first-order valence-corrected chi connectivity index (χ1v) is 30.2. The predicted molar refractivity (Wildman–Crippen MR) is 320 cm³/mol. The second-order valence-electron chi connectivity index (χ2n) is 19.5. The molecule has 6 nitrogen and oxygen atoms in total. The first kappa shape index (κ1) is 69.5. The quantitative estimate of drug-likeness (QED) is 0.0261. The number of allylic oxidation sites excluding steroid dienone is 22. The predicted octanol–water partition coefficient (Wildman–Crippen LogP) is 20.6. The van der Waals surface area contributed by atoms with E-state index in [0.717, 1.165) is 148 Å². The molecule has 0 aliphatic rings. The lowest BCUT2D eigenvalue weighted by molar-refractivity contribution is -0.167. The van der Waals surface area contributed by atoms with Gasteiger partial charge in [-0.25, -0.2) is 0 Å². The third-order valence-corrected chi connectivity index (χ3v) is 12.4. The Labute approximate surface area is 455 Å². The van der Waals surface area contributed by atoms with Crippen LogP contribution < -0.4 is 0 Å². The van der Waals surface area contributed by atoms with Crippen LogP contribution in [0.2, 0.25) is 0 Å². The highest BCUT2D eigenvalue weighted by Gasteiger charge is 2.19. The van der Waals surface area contributed by atoms with E-state index in [1.807, 2.05) is 0 Å². The van der Waals surface area contributed by atoms with Gasteiger partial charge in [-0.2, -0.15) is 0 Å². The molecule has 0 aromatic heterocycles. The van der Waals surface area contributed by atoms with Crippen molar-refractivity contribution in [2.75, 3.05) is 13.2 Å². The minimum Gasteiger partial charge on any atom is -0.462 e. The van der Waals surface area contributed by atoms with Crippen LogP contribution in [0.5, 0.6) is 0 Å². The monoisotopic (exact) mass is 1020 g/mol. The number of rotatable bonds is 53. The molecule has 1 atom stereocenters. The van der Waals surface area contributed by atoms with Crippen molar-refractivity contribution in [3.05, 3.63) is 134 Å². The molecule has 0 aromatic rings. The minimum absolute atomic E-state index is 0.101. The highest BCUT2D eigenvalue weighted by atomic mass is 16.6. The third kappa shape index (κ3) is 58.4. The molecule has 0 N–H and O–H groups in total. The van der Waals surface area contributed by atoms with E-state index >= 15 is 0 Å². The summed E-state index contributed by atoms with van der Waals surface area (Å²) in [5, 5.41) is 0. The summed E-state index contributed by atoms with van der Waals surface area (Å²) in [6, 6.07) is 0. The lowest BCUT2D eigenvalue weighted by Crippen LogP contribution is -2.30. The molecule has 74 heavy (non-hydrogen) atoms. The summed E-state index contributed by atoms with van der Waals surface area (Å²) >= 11 is 0. The summed E-state index contributed by atoms with van der Waals surface area (Å²) in [5.74, 6) is -0.954. The van der Waals surface area contributed by atoms with Gasteiger partial charge >= 0.3 is 17.9 Å². The molecule has 418 valence electrons. The SMILES string of the molecule is CC/C=C\C/C=C\C/C=C\C/C=C\C/C=C\C/C=C\C/C=C\CCCCCC(=O)OCC(COC(=O)CCCCCCC/C=C\CCCCCCC)OC(=O)CCCCCCCCC/C=C\C/C=C\C/C=C\CC. The van der Waals surface area contributed by atoms with E-state index in [1.165, 1.54) is 70.6 Å². The fraction of sp³-hybridized carbons (Fsp3) is 0.632. The molecule has 0 rings (SSSR count). The molecule has 0 fully saturated rings. The summed E-state index contributed by atoms with van der Waals surface area (Å²) in [4.78, 5) is 38.2. The summed E-state index contributed by atoms with van der Waals surface area (Å²) in [6.45, 7) is 6.36. The highest BCUT2D eigenvalue weighted by molar-refractivity contribution is 5.71. The standard InChI is InChI=1S/C68H110O6/c1-4-7-10-13-16-19-22-25-28-30-31-32-33-34-35-36-37-39-40-43-46-49-52-55-58-61-67(70)73-64-65(63-72-66(69)60-57-54-51-48-45-42-27-24-21-18-15-12-9-6-3)74-68(71)62-59-56-53-50-47-44-41-38-29-26-23-20-17-14-11-8-5-2/h7-8,10-11,16-17,19-20,24-29,31-32,34-35,37,39,43,46,65H,4-6,9,12-15,18,21-23,30,33,36,38,40-42,44-45,47-64H2,1-3H3/b10-7-,11-8-,19-16-,20-17-,27-24-,28-25-,29-26-,32-31-,35-34-,39-37-,46-43-. The number of carbonyl (C=O) groups excluding carboxylic acids is 3. The van der Waals surface area contributed by atoms with Crippen LogP contribution in [0.4, 0.5) is 0 Å². The van der Waals surface area contributed by atoms with Crippen LogP contribution in [0.15, 0.2) is 134 Å². The fourth-order valence-electron chi connectivity index (χ4n) is 7.90. The summed E-state index contributed by atoms with van der Waals surface area (Å²) in [6.07, 6.45) is 85.8. The normalized spacial score (nSPS) is 13.1. The van der Waals surface area contributed by atoms with E-state index in [-0.39, 0.29) is 31.1 Å². The summed E-state index contributed by atoms with van der Waals surface area (Å²) in [7, 11) is 0. The van der Waals surface area contributed by atoms with Gasteiger partial charge < -0.3 is 14.2 Å². The molecule has 6 heteroatoms. The van der Waals surface area contributed by atoms with Gasteiger partial charge in [-0.15, -0.1) is 0 Å². The first-order valence-electron chi connectivity index (χ1n) is 30.2. The maximum atomic E-state index is 12.9. The van der Waals surface area contributed by atoms with Crippen molar-refractivity contribution in [3.63, 3.8) is 0 Å². The Morgan fingerprint density at radius 3 is 0.851 bits per heavy atom. The first-order chi connectivity index (χ1) is 36.5. The number of hydrogen-bond acceptors (Lipinski definition) is 6. The summed E-state index contributed by atoms with van der Waals surface area (Å²) in [5.41, 5.74) is 0. The molecule has 1 unspecified atom stereocenters. The van der Waals surface area contributed by atoms with Gasteiger partial charge in [0.05, 0.1) is 0 Å². The van der Waals surface area contributed by atoms with Gasteiger partial charge in [0.15, 0.2) is 6.10 Å². The van der Waals surface area contributed by atoms with Crippen molar-refractivity contribution in [1.82, 2.24) is 0 Å². The second-order valence-corrected chi connectivity index (χ2v) is 19.5. The molecule has 0 aliphatic carbocycles. The van der Waals surface area contributed by atoms with Gasteiger partial charge in [0.25, 0.3) is 0 Å². The Morgan fingerprint density at radius 1 is 0.284 bits per heavy atom. The van der Waals surface area contributed by atoms with Crippen LogP contribution in [0, 0.1) is 0 Å². The Morgan fingerprint density at radius 2 is 0.527 bits per heavy atom. The van der Waals surface area contributed by atoms with Crippen LogP contribution in [0.3, 0.4) is 0 Å². The Hall–Kier alpha value is -4.45. The van der Waals surface area contributed by atoms with E-state index in [1.54, 1.807) is 0 Å². The molecule has 0 saturated carbocycles. The number of esters is 3. The molecule has 0 amide bonds. The van der Waals surface area contributed by atoms with Crippen LogP contribution in [-0.4, -0.2) is 37.2 Å². The zero-order chi connectivity index (χ0) is 53.6. The molecule has 0 spiro atoms. The van der Waals surface area contributed by atoms with E-state index < -0.39 is 6.10 Å². The van der Waals surface area contributed by atoms with E-state index in [2.05, 4.69) is 154 Å². The van der Waals surface area contributed by atoms with Crippen molar-refractivity contribution in [2.24, 2.45) is 0 Å². The summed E-state index contributed by atoms with van der Waals surface area (Å²) < 4.78 is 16.9. The molecular formula is C68H110O6. The Kier molecular flexibility index (Phi) is 57.4. The zero-order valence-electron chi connectivity index (χ0n) is 47.8. The molecule has 0 aromatic carbocycles. The van der Waals surface area contributed by atoms with Crippen LogP contribution in [0.25, 0.3) is 0 Å². The van der Waals surface area contributed by atoms with Gasteiger partial charge in [-0.3, -0.25) is 14.4 Å². The van der Waals surface area contributed by atoms with Gasteiger partial charge in [0, 0.05) is 19.3 Å². The fourth-order valence-corrected chi connectivity index (χ4v) is 7.90. The highest BCUT2D eigenvalue weighted by Crippen LogP contribution is 2.14. The van der Waals surface area contributed by atoms with Crippen molar-refractivity contribution >= 4 is 17.9 Å². The van der Waals surface area contributed by atoms with Crippen LogP contribution in [-0.2, 0) is 28.6 Å². The maximum absolute atomic E-state index is 12.9. The lowest BCUT2D eigenvalue weighted by atomic mass is 10.1. The Bertz CT molecular complexity index is 1600. The zero-order valence-corrected chi connectivity index (χ0v) is 47.8. The molecule has 0 radical (unpaired) electrons. The largest absolute Gasteiger partial charge is 0.462 e. The molecule has 0 heterocycles. The molecule has 0 saturated heterocycles. The topological polar surface area (TPSA) is 78.9 Å². The van der Waals surface area contributed by atoms with Gasteiger partial charge in [0.1, 0.15) is 13.2 Å². The number of carbonyl (C=O) groups is 3. The number of ether oxygens (including phenoxy) is 3. The second kappa shape index (κ2) is 61.1. The van der Waals surface area contributed by atoms with Crippen LogP contribution >= 0.6 is 0 Å². The number of hydrogen-bond donors (Lipinski definition) is 0. The van der Waals surface area contributed by atoms with Crippen molar-refractivity contribution < 1.29 is 28.6 Å². The third-order valence-electron chi connectivity index (χ3n) is 12.4. The van der Waals surface area contributed by atoms with Crippen molar-refractivity contribution in [1.29, 1.82) is 0 Å². The van der Waals surface area contributed by atoms with E-state index in [0.29, 0.717) is 19.3 Å². The lowest BCUT2D eigenvalue weighted by Gasteiger charge is -2.18.